The van der Waals surface area contributed by atoms with Crippen LogP contribution in [0.5, 0.6) is 5.75 Å². The predicted octanol–water partition coefficient (Wildman–Crippen LogP) is 3.58. The molecule has 0 aromatic heterocycles. The molecule has 2 nitrogen and oxygen atoms in total. The molecule has 2 rings (SSSR count). The van der Waals surface area contributed by atoms with Crippen LogP contribution in [0.15, 0.2) is 42.5 Å². The maximum absolute atomic E-state index is 9.48. The summed E-state index contributed by atoms with van der Waals surface area (Å²) < 4.78 is 0. The number of hydrogen-bond acceptors (Lipinski definition) is 2. The minimum absolute atomic E-state index is 0.0639. The third-order valence-corrected chi connectivity index (χ3v) is 2.56. The van der Waals surface area contributed by atoms with E-state index in [1.165, 1.54) is 6.07 Å². The molecule has 2 aromatic rings. The van der Waals surface area contributed by atoms with Crippen LogP contribution >= 0.6 is 11.6 Å². The number of nitrogens with zero attached hydrogens (tertiary/aromatic N) is 1. The lowest BCUT2D eigenvalue weighted by atomic mass is 10.0. The number of nitriles is 1. The largest absolute Gasteiger partial charge is 0.508 e. The molecule has 16 heavy (non-hydrogen) atoms. The Bertz CT molecular complexity index is 572. The van der Waals surface area contributed by atoms with E-state index in [9.17, 15) is 5.11 Å². The zero-order valence-corrected chi connectivity index (χ0v) is 9.07. The van der Waals surface area contributed by atoms with E-state index in [1.807, 2.05) is 24.3 Å². The Morgan fingerprint density at radius 1 is 1.12 bits per heavy atom. The molecule has 78 valence electrons. The van der Waals surface area contributed by atoms with E-state index in [4.69, 9.17) is 16.9 Å². The van der Waals surface area contributed by atoms with Crippen LogP contribution in [0, 0.1) is 11.3 Å². The van der Waals surface area contributed by atoms with Crippen molar-refractivity contribution in [1.82, 2.24) is 0 Å². The van der Waals surface area contributed by atoms with Crippen molar-refractivity contribution in [3.63, 3.8) is 0 Å². The first-order valence-corrected chi connectivity index (χ1v) is 5.07. The second-order valence-corrected chi connectivity index (χ2v) is 3.77. The molecule has 0 aliphatic carbocycles. The lowest BCUT2D eigenvalue weighted by molar-refractivity contribution is 0.475. The van der Waals surface area contributed by atoms with Crippen molar-refractivity contribution in [2.75, 3.05) is 0 Å². The van der Waals surface area contributed by atoms with Crippen LogP contribution in [-0.4, -0.2) is 5.11 Å². The van der Waals surface area contributed by atoms with Gasteiger partial charge in [0.2, 0.25) is 0 Å². The van der Waals surface area contributed by atoms with Gasteiger partial charge in [0.1, 0.15) is 5.75 Å². The first-order valence-electron chi connectivity index (χ1n) is 4.70. The van der Waals surface area contributed by atoms with Crippen LogP contribution in [-0.2, 0) is 0 Å². The van der Waals surface area contributed by atoms with Crippen molar-refractivity contribution >= 4 is 11.6 Å². The maximum atomic E-state index is 9.48. The number of phenols is 1. The van der Waals surface area contributed by atoms with E-state index in [1.54, 1.807) is 18.2 Å². The molecule has 1 N–H and O–H groups in total. The summed E-state index contributed by atoms with van der Waals surface area (Å²) in [6.45, 7) is 0. The summed E-state index contributed by atoms with van der Waals surface area (Å²) in [6, 6.07) is 14.0. The third-order valence-electron chi connectivity index (χ3n) is 2.23. The predicted molar refractivity (Wildman–Crippen MR) is 63.3 cm³/mol. The topological polar surface area (TPSA) is 44.0 Å². The van der Waals surface area contributed by atoms with Gasteiger partial charge >= 0.3 is 0 Å². The Morgan fingerprint density at radius 2 is 1.88 bits per heavy atom. The van der Waals surface area contributed by atoms with Crippen molar-refractivity contribution in [3.8, 4) is 22.9 Å². The lowest BCUT2D eigenvalue weighted by Gasteiger charge is -2.05. The molecule has 2 aromatic carbocycles. The minimum atomic E-state index is 0.0639. The second kappa shape index (κ2) is 4.26. The Hall–Kier alpha value is -1.98. The summed E-state index contributed by atoms with van der Waals surface area (Å²) in [5.74, 6) is 0.0639. The highest BCUT2D eigenvalue weighted by Crippen LogP contribution is 2.30. The number of phenolic OH excluding ortho intramolecular Hbond substituents is 1. The number of aromatic hydroxyl groups is 1. The fourth-order valence-electron chi connectivity index (χ4n) is 1.53. The number of hydrogen-bond donors (Lipinski definition) is 1. The zero-order valence-electron chi connectivity index (χ0n) is 8.31. The van der Waals surface area contributed by atoms with Crippen LogP contribution in [0.25, 0.3) is 11.1 Å². The van der Waals surface area contributed by atoms with Gasteiger partial charge in [-0.3, -0.25) is 0 Å². The Balaban J connectivity index is 2.61. The van der Waals surface area contributed by atoms with Gasteiger partial charge in [-0.1, -0.05) is 29.8 Å². The fourth-order valence-corrected chi connectivity index (χ4v) is 1.77. The molecule has 0 aliphatic rings. The molecular weight excluding hydrogens is 222 g/mol. The van der Waals surface area contributed by atoms with Gasteiger partial charge in [0.05, 0.1) is 11.6 Å². The molecule has 0 atom stereocenters. The quantitative estimate of drug-likeness (QED) is 0.812. The fraction of sp³-hybridized carbons (Fsp3) is 0. The van der Waals surface area contributed by atoms with Crippen LogP contribution < -0.4 is 0 Å². The molecule has 0 heterocycles. The molecule has 0 radical (unpaired) electrons. The molecule has 0 fully saturated rings. The van der Waals surface area contributed by atoms with E-state index in [0.29, 0.717) is 10.6 Å². The zero-order chi connectivity index (χ0) is 11.5. The Morgan fingerprint density at radius 3 is 2.56 bits per heavy atom. The first-order chi connectivity index (χ1) is 7.70. The summed E-state index contributed by atoms with van der Waals surface area (Å²) in [6.07, 6.45) is 0. The summed E-state index contributed by atoms with van der Waals surface area (Å²) in [5, 5.41) is 18.9. The number of halogens is 1. The van der Waals surface area contributed by atoms with Crippen LogP contribution in [0.4, 0.5) is 0 Å². The van der Waals surface area contributed by atoms with Crippen molar-refractivity contribution in [1.29, 1.82) is 5.26 Å². The average Bonchev–Trinajstić information content (AvgIpc) is 2.28. The molecule has 0 unspecified atom stereocenters. The normalized spacial score (nSPS) is 9.75. The van der Waals surface area contributed by atoms with Gasteiger partial charge in [0.15, 0.2) is 0 Å². The van der Waals surface area contributed by atoms with Gasteiger partial charge in [-0.2, -0.15) is 5.26 Å². The van der Waals surface area contributed by atoms with E-state index in [2.05, 4.69) is 0 Å². The highest BCUT2D eigenvalue weighted by Gasteiger charge is 2.05. The maximum Gasteiger partial charge on any atom is 0.117 e. The highest BCUT2D eigenvalue weighted by atomic mass is 35.5. The molecule has 0 amide bonds. The summed E-state index contributed by atoms with van der Waals surface area (Å²) in [5.41, 5.74) is 1.95. The van der Waals surface area contributed by atoms with Crippen LogP contribution in [0.1, 0.15) is 5.56 Å². The van der Waals surface area contributed by atoms with Gasteiger partial charge in [-0.05, 0) is 29.8 Å². The van der Waals surface area contributed by atoms with Gasteiger partial charge in [0.25, 0.3) is 0 Å². The van der Waals surface area contributed by atoms with E-state index in [0.717, 1.165) is 11.1 Å². The van der Waals surface area contributed by atoms with Crippen LogP contribution in [0.3, 0.4) is 0 Å². The van der Waals surface area contributed by atoms with E-state index >= 15 is 0 Å². The summed E-state index contributed by atoms with van der Waals surface area (Å²) in [7, 11) is 0. The van der Waals surface area contributed by atoms with Gasteiger partial charge < -0.3 is 5.11 Å². The monoisotopic (exact) mass is 229 g/mol. The third kappa shape index (κ3) is 2.00. The van der Waals surface area contributed by atoms with E-state index in [-0.39, 0.29) is 5.75 Å². The summed E-state index contributed by atoms with van der Waals surface area (Å²) in [4.78, 5) is 0. The smallest absolute Gasteiger partial charge is 0.117 e. The van der Waals surface area contributed by atoms with Crippen molar-refractivity contribution < 1.29 is 5.11 Å². The first kappa shape index (κ1) is 10.5. The Kier molecular flexibility index (Phi) is 2.80. The minimum Gasteiger partial charge on any atom is -0.508 e. The van der Waals surface area contributed by atoms with Crippen molar-refractivity contribution in [2.45, 2.75) is 0 Å². The molecule has 0 aliphatic heterocycles. The van der Waals surface area contributed by atoms with Gasteiger partial charge in [-0.15, -0.1) is 0 Å². The number of benzene rings is 2. The Labute approximate surface area is 98.3 Å². The van der Waals surface area contributed by atoms with Crippen molar-refractivity contribution in [3.05, 3.63) is 53.1 Å². The summed E-state index contributed by atoms with van der Waals surface area (Å²) >= 11 is 6.04. The molecule has 0 saturated carbocycles. The molecule has 0 saturated heterocycles. The standard InChI is InChI=1S/C13H8ClNO/c14-13-4-2-1-3-12(13)10-5-9(8-15)6-11(16)7-10/h1-7,16H. The molecule has 3 heteroatoms. The SMILES string of the molecule is N#Cc1cc(O)cc(-c2ccccc2Cl)c1. The van der Waals surface area contributed by atoms with Gasteiger partial charge in [0, 0.05) is 10.6 Å². The highest BCUT2D eigenvalue weighted by molar-refractivity contribution is 6.33. The molecule has 0 spiro atoms. The lowest BCUT2D eigenvalue weighted by Crippen LogP contribution is -1.82. The molecular formula is C13H8ClNO. The number of rotatable bonds is 1. The van der Waals surface area contributed by atoms with Crippen LogP contribution in [0.2, 0.25) is 5.02 Å². The van der Waals surface area contributed by atoms with Crippen molar-refractivity contribution in [2.24, 2.45) is 0 Å². The second-order valence-electron chi connectivity index (χ2n) is 3.36. The molecule has 0 bridgehead atoms. The average molecular weight is 230 g/mol. The van der Waals surface area contributed by atoms with E-state index < -0.39 is 0 Å². The van der Waals surface area contributed by atoms with Gasteiger partial charge in [-0.25, -0.2) is 0 Å².